The molecule has 0 fully saturated rings. The molecule has 0 aliphatic carbocycles. The molecule has 4 heteroatoms. The summed E-state index contributed by atoms with van der Waals surface area (Å²) in [4.78, 5) is 12.3. The maximum Gasteiger partial charge on any atom is 0.220 e. The summed E-state index contributed by atoms with van der Waals surface area (Å²) in [6.45, 7) is 4.29. The summed E-state index contributed by atoms with van der Waals surface area (Å²) in [5, 5.41) is 22.9. The number of nitrogens with one attached hydrogen (secondary N) is 1. The quantitative estimate of drug-likeness (QED) is 0.0464. The van der Waals surface area contributed by atoms with Gasteiger partial charge in [-0.15, -0.1) is 0 Å². The Balaban J connectivity index is 3.55. The van der Waals surface area contributed by atoms with Gasteiger partial charge in [0, 0.05) is 6.42 Å². The van der Waals surface area contributed by atoms with Crippen LogP contribution in [0, 0.1) is 0 Å². The number of aliphatic hydroxyl groups excluding tert-OH is 2. The molecule has 0 aliphatic rings. The minimum atomic E-state index is -0.856. The Labute approximate surface area is 288 Å². The Bertz CT molecular complexity index is 661. The normalized spacial score (nSPS) is 13.2. The lowest BCUT2D eigenvalue weighted by molar-refractivity contribution is -0.123. The van der Waals surface area contributed by atoms with Crippen molar-refractivity contribution in [3.63, 3.8) is 0 Å². The fraction of sp³-hybridized carbons (Fsp3) is 0.881. The van der Waals surface area contributed by atoms with Gasteiger partial charge in [0.15, 0.2) is 0 Å². The van der Waals surface area contributed by atoms with Crippen molar-refractivity contribution >= 4 is 5.91 Å². The molecule has 0 saturated heterocycles. The second-order valence-electron chi connectivity index (χ2n) is 14.1. The molecule has 0 bridgehead atoms. The van der Waals surface area contributed by atoms with Crippen LogP contribution in [0.5, 0.6) is 0 Å². The summed E-state index contributed by atoms with van der Waals surface area (Å²) in [6.07, 6.45) is 48.5. The van der Waals surface area contributed by atoms with E-state index in [9.17, 15) is 15.0 Å². The number of carbonyl (C=O) groups excluding carboxylic acids is 1. The molecule has 272 valence electrons. The Kier molecular flexibility index (Phi) is 37.4. The average Bonchev–Trinajstić information content (AvgIpc) is 3.06. The lowest BCUT2D eigenvalue weighted by Crippen LogP contribution is -2.45. The monoisotopic (exact) mass is 648 g/mol. The zero-order chi connectivity index (χ0) is 33.6. The Morgan fingerprint density at radius 1 is 0.500 bits per heavy atom. The molecule has 0 rings (SSSR count). The van der Waals surface area contributed by atoms with Gasteiger partial charge in [-0.1, -0.05) is 205 Å². The topological polar surface area (TPSA) is 69.6 Å². The van der Waals surface area contributed by atoms with Gasteiger partial charge in [-0.25, -0.2) is 0 Å². The largest absolute Gasteiger partial charge is 0.394 e. The summed E-state index contributed by atoms with van der Waals surface area (Å²) < 4.78 is 0. The summed E-state index contributed by atoms with van der Waals surface area (Å²) in [5.41, 5.74) is 0. The highest BCUT2D eigenvalue weighted by Gasteiger charge is 2.17. The smallest absolute Gasteiger partial charge is 0.220 e. The summed E-state index contributed by atoms with van der Waals surface area (Å²) in [5.74, 6) is -0.0717. The van der Waals surface area contributed by atoms with E-state index in [1.807, 2.05) is 6.08 Å². The number of carbonyl (C=O) groups is 1. The minimum Gasteiger partial charge on any atom is -0.394 e. The van der Waals surface area contributed by atoms with E-state index in [0.717, 1.165) is 32.1 Å². The van der Waals surface area contributed by atoms with Gasteiger partial charge in [-0.3, -0.25) is 4.79 Å². The van der Waals surface area contributed by atoms with Crippen molar-refractivity contribution in [3.8, 4) is 0 Å². The predicted octanol–water partition coefficient (Wildman–Crippen LogP) is 12.5. The van der Waals surface area contributed by atoms with E-state index in [0.29, 0.717) is 6.42 Å². The molecule has 4 nitrogen and oxygen atoms in total. The number of hydrogen-bond donors (Lipinski definition) is 3. The first-order valence-electron chi connectivity index (χ1n) is 20.6. The lowest BCUT2D eigenvalue weighted by Gasteiger charge is -2.19. The minimum absolute atomic E-state index is 0.0717. The Morgan fingerprint density at radius 3 is 1.26 bits per heavy atom. The summed E-state index contributed by atoms with van der Waals surface area (Å²) >= 11 is 0. The zero-order valence-electron chi connectivity index (χ0n) is 31.1. The first-order valence-corrected chi connectivity index (χ1v) is 20.6. The van der Waals surface area contributed by atoms with Crippen LogP contribution in [0.15, 0.2) is 24.3 Å². The van der Waals surface area contributed by atoms with E-state index in [-0.39, 0.29) is 12.5 Å². The van der Waals surface area contributed by atoms with Gasteiger partial charge in [0.2, 0.25) is 5.91 Å². The van der Waals surface area contributed by atoms with Gasteiger partial charge in [-0.2, -0.15) is 0 Å². The van der Waals surface area contributed by atoms with Gasteiger partial charge in [-0.05, 0) is 32.1 Å². The van der Waals surface area contributed by atoms with Crippen molar-refractivity contribution in [2.45, 2.75) is 231 Å². The average molecular weight is 648 g/mol. The van der Waals surface area contributed by atoms with Gasteiger partial charge in [0.1, 0.15) is 0 Å². The first kappa shape index (κ1) is 44.9. The van der Waals surface area contributed by atoms with Gasteiger partial charge < -0.3 is 15.5 Å². The Hall–Kier alpha value is -1.13. The van der Waals surface area contributed by atoms with Gasteiger partial charge in [0.05, 0.1) is 18.8 Å². The van der Waals surface area contributed by atoms with Crippen LogP contribution in [0.2, 0.25) is 0 Å². The second-order valence-corrected chi connectivity index (χ2v) is 14.1. The van der Waals surface area contributed by atoms with E-state index >= 15 is 0 Å². The van der Waals surface area contributed by atoms with Gasteiger partial charge >= 0.3 is 0 Å². The SMILES string of the molecule is CCCCCCCCC/C=C/CC/C=C/C(O)C(CO)NC(=O)CCCCCCCCCCCCCCCCCCCCCCC. The van der Waals surface area contributed by atoms with Gasteiger partial charge in [0.25, 0.3) is 0 Å². The Morgan fingerprint density at radius 2 is 0.848 bits per heavy atom. The molecule has 1 amide bonds. The molecule has 0 saturated carbocycles. The highest BCUT2D eigenvalue weighted by Crippen LogP contribution is 2.15. The number of amides is 1. The van der Waals surface area contributed by atoms with Crippen LogP contribution in [-0.2, 0) is 4.79 Å². The van der Waals surface area contributed by atoms with Crippen LogP contribution >= 0.6 is 0 Å². The number of unbranched alkanes of at least 4 members (excludes halogenated alkanes) is 28. The van der Waals surface area contributed by atoms with Crippen molar-refractivity contribution in [1.29, 1.82) is 0 Å². The van der Waals surface area contributed by atoms with Crippen LogP contribution in [-0.4, -0.2) is 34.9 Å². The fourth-order valence-corrected chi connectivity index (χ4v) is 6.25. The van der Waals surface area contributed by atoms with Crippen LogP contribution in [0.4, 0.5) is 0 Å². The second kappa shape index (κ2) is 38.3. The molecule has 0 aliphatic heterocycles. The van der Waals surface area contributed by atoms with Crippen molar-refractivity contribution < 1.29 is 15.0 Å². The fourth-order valence-electron chi connectivity index (χ4n) is 6.25. The number of rotatable bonds is 37. The van der Waals surface area contributed by atoms with E-state index in [2.05, 4.69) is 31.3 Å². The first-order chi connectivity index (χ1) is 22.7. The molecule has 0 heterocycles. The molecule has 3 N–H and O–H groups in total. The standard InChI is InChI=1S/C42H81NO3/c1-3-5-7-9-11-13-15-17-18-19-20-21-22-23-24-26-28-30-32-34-36-38-42(46)43-40(39-44)41(45)37-35-33-31-29-27-25-16-14-12-10-8-6-4-2/h27,29,35,37,40-41,44-45H,3-26,28,30-34,36,38-39H2,1-2H3,(H,43,46)/b29-27+,37-35+. The van der Waals surface area contributed by atoms with Crippen LogP contribution in [0.1, 0.15) is 219 Å². The van der Waals surface area contributed by atoms with Crippen molar-refractivity contribution in [2.24, 2.45) is 0 Å². The number of allylic oxidation sites excluding steroid dienone is 3. The van der Waals surface area contributed by atoms with Crippen LogP contribution in [0.25, 0.3) is 0 Å². The van der Waals surface area contributed by atoms with E-state index in [4.69, 9.17) is 0 Å². The molecule has 46 heavy (non-hydrogen) atoms. The third-order valence-corrected chi connectivity index (χ3v) is 9.44. The van der Waals surface area contributed by atoms with Crippen molar-refractivity contribution in [2.75, 3.05) is 6.61 Å². The van der Waals surface area contributed by atoms with E-state index < -0.39 is 12.1 Å². The molecular formula is C42H81NO3. The molecule has 0 aromatic carbocycles. The third kappa shape index (κ3) is 34.2. The maximum atomic E-state index is 12.3. The zero-order valence-corrected chi connectivity index (χ0v) is 31.1. The lowest BCUT2D eigenvalue weighted by atomic mass is 10.0. The van der Waals surface area contributed by atoms with E-state index in [1.54, 1.807) is 6.08 Å². The molecular weight excluding hydrogens is 566 g/mol. The molecule has 0 aromatic heterocycles. The number of hydrogen-bond acceptors (Lipinski definition) is 3. The van der Waals surface area contributed by atoms with E-state index in [1.165, 1.54) is 167 Å². The van der Waals surface area contributed by atoms with Crippen molar-refractivity contribution in [1.82, 2.24) is 5.32 Å². The molecule has 0 aromatic rings. The highest BCUT2D eigenvalue weighted by atomic mass is 16.3. The summed E-state index contributed by atoms with van der Waals surface area (Å²) in [6, 6.07) is -0.633. The molecule has 0 spiro atoms. The summed E-state index contributed by atoms with van der Waals surface area (Å²) in [7, 11) is 0. The van der Waals surface area contributed by atoms with Crippen molar-refractivity contribution in [3.05, 3.63) is 24.3 Å². The molecule has 2 unspecified atom stereocenters. The van der Waals surface area contributed by atoms with Crippen LogP contribution in [0.3, 0.4) is 0 Å². The van der Waals surface area contributed by atoms with Crippen LogP contribution < -0.4 is 5.32 Å². The number of aliphatic hydroxyl groups is 2. The predicted molar refractivity (Wildman–Crippen MR) is 202 cm³/mol. The molecule has 0 radical (unpaired) electrons. The molecule has 2 atom stereocenters. The third-order valence-electron chi connectivity index (χ3n) is 9.44. The maximum absolute atomic E-state index is 12.3. The highest BCUT2D eigenvalue weighted by molar-refractivity contribution is 5.76.